The monoisotopic (exact) mass is 423 g/mol. The third kappa shape index (κ3) is 5.69. The number of rotatable bonds is 10. The van der Waals surface area contributed by atoms with Gasteiger partial charge in [-0.25, -0.2) is 0 Å². The summed E-state index contributed by atoms with van der Waals surface area (Å²) in [5, 5.41) is 5.42. The Balaban J connectivity index is 1.33. The first-order valence-corrected chi connectivity index (χ1v) is 10.2. The van der Waals surface area contributed by atoms with Gasteiger partial charge in [-0.05, 0) is 36.8 Å². The largest absolute Gasteiger partial charge is 0.494 e. The van der Waals surface area contributed by atoms with Crippen LogP contribution in [-0.4, -0.2) is 54.8 Å². The molecule has 162 valence electrons. The lowest BCUT2D eigenvalue weighted by Crippen LogP contribution is -2.38. The molecule has 0 aromatic heterocycles. The van der Waals surface area contributed by atoms with Gasteiger partial charge in [-0.15, -0.1) is 0 Å². The Morgan fingerprint density at radius 3 is 2.03 bits per heavy atom. The summed E-state index contributed by atoms with van der Waals surface area (Å²) in [5.41, 5.74) is 1.59. The highest BCUT2D eigenvalue weighted by atomic mass is 16.5. The van der Waals surface area contributed by atoms with Gasteiger partial charge in [0.15, 0.2) is 0 Å². The number of nitrogens with one attached hydrogen (secondary N) is 2. The summed E-state index contributed by atoms with van der Waals surface area (Å²) in [5.74, 6) is -0.442. The Morgan fingerprint density at radius 1 is 0.871 bits per heavy atom. The van der Waals surface area contributed by atoms with Crippen LogP contribution >= 0.6 is 0 Å². The second-order valence-electron chi connectivity index (χ2n) is 7.01. The number of fused-ring (bicyclic) bond motifs is 1. The van der Waals surface area contributed by atoms with Gasteiger partial charge in [0.25, 0.3) is 11.8 Å². The van der Waals surface area contributed by atoms with Crippen molar-refractivity contribution in [2.45, 2.75) is 19.8 Å². The van der Waals surface area contributed by atoms with Crippen LogP contribution < -0.4 is 15.4 Å². The summed E-state index contributed by atoms with van der Waals surface area (Å²) in [6.45, 7) is 3.06. The van der Waals surface area contributed by atoms with Crippen molar-refractivity contribution in [2.75, 3.05) is 26.2 Å². The van der Waals surface area contributed by atoms with Gasteiger partial charge in [0.1, 0.15) is 5.75 Å². The molecule has 0 saturated heterocycles. The van der Waals surface area contributed by atoms with Crippen LogP contribution in [0.15, 0.2) is 48.5 Å². The lowest BCUT2D eigenvalue weighted by Gasteiger charge is -2.13. The van der Waals surface area contributed by atoms with Gasteiger partial charge in [-0.3, -0.25) is 24.1 Å². The Labute approximate surface area is 180 Å². The smallest absolute Gasteiger partial charge is 0.261 e. The first-order valence-electron chi connectivity index (χ1n) is 10.2. The summed E-state index contributed by atoms with van der Waals surface area (Å²) in [7, 11) is 0. The first kappa shape index (κ1) is 22.0. The molecule has 1 aliphatic heterocycles. The molecule has 0 atom stereocenters. The number of amides is 4. The third-order valence-electron chi connectivity index (χ3n) is 4.81. The van der Waals surface area contributed by atoms with E-state index < -0.39 is 0 Å². The summed E-state index contributed by atoms with van der Waals surface area (Å²) in [6, 6.07) is 13.9. The standard InChI is InChI=1S/C23H25N3O5/c1-2-31-17-9-7-16(8-10-17)15-21(28)25-13-12-24-20(27)11-14-26-22(29)18-5-3-4-6-19(18)23(26)30/h3-10H,2,11-15H2,1H3,(H,24,27)(H,25,28). The molecule has 8 heteroatoms. The van der Waals surface area contributed by atoms with E-state index >= 15 is 0 Å². The van der Waals surface area contributed by atoms with Crippen LogP contribution in [0.5, 0.6) is 5.75 Å². The molecule has 0 unspecified atom stereocenters. The summed E-state index contributed by atoms with van der Waals surface area (Å²) < 4.78 is 5.37. The summed E-state index contributed by atoms with van der Waals surface area (Å²) >= 11 is 0. The van der Waals surface area contributed by atoms with Crippen LogP contribution in [0.2, 0.25) is 0 Å². The zero-order valence-electron chi connectivity index (χ0n) is 17.3. The highest BCUT2D eigenvalue weighted by Crippen LogP contribution is 2.22. The predicted molar refractivity (Wildman–Crippen MR) is 114 cm³/mol. The van der Waals surface area contributed by atoms with E-state index in [1.165, 1.54) is 0 Å². The predicted octanol–water partition coefficient (Wildman–Crippen LogP) is 1.55. The van der Waals surface area contributed by atoms with E-state index in [2.05, 4.69) is 10.6 Å². The average Bonchev–Trinajstić information content (AvgIpc) is 3.01. The van der Waals surface area contributed by atoms with Crippen molar-refractivity contribution in [1.29, 1.82) is 0 Å². The van der Waals surface area contributed by atoms with Crippen molar-refractivity contribution in [1.82, 2.24) is 15.5 Å². The van der Waals surface area contributed by atoms with Gasteiger partial charge in [0.05, 0.1) is 24.2 Å². The van der Waals surface area contributed by atoms with Gasteiger partial charge < -0.3 is 15.4 Å². The van der Waals surface area contributed by atoms with Gasteiger partial charge in [0, 0.05) is 26.1 Å². The fourth-order valence-electron chi connectivity index (χ4n) is 3.27. The molecule has 0 saturated carbocycles. The molecule has 2 N–H and O–H groups in total. The Morgan fingerprint density at radius 2 is 1.45 bits per heavy atom. The highest BCUT2D eigenvalue weighted by Gasteiger charge is 2.34. The van der Waals surface area contributed by atoms with Gasteiger partial charge in [-0.1, -0.05) is 24.3 Å². The third-order valence-corrected chi connectivity index (χ3v) is 4.81. The lowest BCUT2D eigenvalue weighted by molar-refractivity contribution is -0.122. The molecular weight excluding hydrogens is 398 g/mol. The number of hydrogen-bond acceptors (Lipinski definition) is 5. The molecule has 0 aliphatic carbocycles. The second-order valence-corrected chi connectivity index (χ2v) is 7.01. The maximum Gasteiger partial charge on any atom is 0.261 e. The molecule has 8 nitrogen and oxygen atoms in total. The van der Waals surface area contributed by atoms with E-state index in [0.29, 0.717) is 17.7 Å². The number of benzene rings is 2. The molecule has 2 aromatic carbocycles. The van der Waals surface area contributed by atoms with E-state index in [1.807, 2.05) is 31.2 Å². The van der Waals surface area contributed by atoms with Crippen LogP contribution in [-0.2, 0) is 16.0 Å². The molecule has 3 rings (SSSR count). The summed E-state index contributed by atoms with van der Waals surface area (Å²) in [6.07, 6.45) is 0.242. The number of nitrogens with zero attached hydrogens (tertiary/aromatic N) is 1. The van der Waals surface area contributed by atoms with Gasteiger partial charge in [0.2, 0.25) is 11.8 Å². The van der Waals surface area contributed by atoms with Crippen LogP contribution in [0.25, 0.3) is 0 Å². The number of carbonyl (C=O) groups is 4. The minimum atomic E-state index is -0.380. The Kier molecular flexibility index (Phi) is 7.37. The van der Waals surface area contributed by atoms with E-state index in [9.17, 15) is 19.2 Å². The highest BCUT2D eigenvalue weighted by molar-refractivity contribution is 6.21. The molecule has 31 heavy (non-hydrogen) atoms. The van der Waals surface area contributed by atoms with Crippen molar-refractivity contribution < 1.29 is 23.9 Å². The Bertz CT molecular complexity index is 936. The fraction of sp³-hybridized carbons (Fsp3) is 0.304. The first-order chi connectivity index (χ1) is 15.0. The van der Waals surface area contributed by atoms with Crippen LogP contribution in [0.4, 0.5) is 0 Å². The van der Waals surface area contributed by atoms with Crippen molar-refractivity contribution in [3.05, 3.63) is 65.2 Å². The number of ether oxygens (including phenoxy) is 1. The lowest BCUT2D eigenvalue weighted by atomic mass is 10.1. The zero-order chi connectivity index (χ0) is 22.2. The van der Waals surface area contributed by atoms with E-state index in [1.54, 1.807) is 24.3 Å². The Hall–Kier alpha value is -3.68. The zero-order valence-corrected chi connectivity index (χ0v) is 17.3. The summed E-state index contributed by atoms with van der Waals surface area (Å²) in [4.78, 5) is 49.7. The van der Waals surface area contributed by atoms with Gasteiger partial charge >= 0.3 is 0 Å². The van der Waals surface area contributed by atoms with Crippen LogP contribution in [0.1, 0.15) is 39.6 Å². The molecule has 0 radical (unpaired) electrons. The molecule has 0 bridgehead atoms. The second kappa shape index (κ2) is 10.4. The van der Waals surface area contributed by atoms with Crippen molar-refractivity contribution in [2.24, 2.45) is 0 Å². The minimum Gasteiger partial charge on any atom is -0.494 e. The normalized spacial score (nSPS) is 12.5. The fourth-order valence-corrected chi connectivity index (χ4v) is 3.27. The topological polar surface area (TPSA) is 105 Å². The molecule has 2 aromatic rings. The SMILES string of the molecule is CCOc1ccc(CC(=O)NCCNC(=O)CCN2C(=O)c3ccccc3C2=O)cc1. The van der Waals surface area contributed by atoms with E-state index in [4.69, 9.17) is 4.74 Å². The molecule has 0 fully saturated rings. The maximum atomic E-state index is 12.3. The molecule has 1 heterocycles. The molecule has 1 aliphatic rings. The van der Waals surface area contributed by atoms with Crippen LogP contribution in [0, 0.1) is 0 Å². The molecule has 4 amide bonds. The average molecular weight is 423 g/mol. The molecular formula is C23H25N3O5. The quantitative estimate of drug-likeness (QED) is 0.446. The number of carbonyl (C=O) groups excluding carboxylic acids is 4. The van der Waals surface area contributed by atoms with Gasteiger partial charge in [-0.2, -0.15) is 0 Å². The van der Waals surface area contributed by atoms with E-state index in [-0.39, 0.29) is 56.1 Å². The van der Waals surface area contributed by atoms with Crippen molar-refractivity contribution in [3.8, 4) is 5.75 Å². The van der Waals surface area contributed by atoms with Crippen LogP contribution in [0.3, 0.4) is 0 Å². The number of hydrogen-bond donors (Lipinski definition) is 2. The van der Waals surface area contributed by atoms with E-state index in [0.717, 1.165) is 16.2 Å². The van der Waals surface area contributed by atoms with Crippen molar-refractivity contribution >= 4 is 23.6 Å². The number of imide groups is 1. The maximum absolute atomic E-state index is 12.3. The molecule has 0 spiro atoms. The minimum absolute atomic E-state index is 0.00555. The van der Waals surface area contributed by atoms with Crippen molar-refractivity contribution in [3.63, 3.8) is 0 Å².